The van der Waals surface area contributed by atoms with Gasteiger partial charge in [-0.15, -0.1) is 0 Å². The Morgan fingerprint density at radius 2 is 2.11 bits per heavy atom. The van der Waals surface area contributed by atoms with Crippen molar-refractivity contribution in [3.05, 3.63) is 24.3 Å². The van der Waals surface area contributed by atoms with Gasteiger partial charge < -0.3 is 15.0 Å². The summed E-state index contributed by atoms with van der Waals surface area (Å²) in [7, 11) is 1.74. The van der Waals surface area contributed by atoms with Crippen molar-refractivity contribution in [3.63, 3.8) is 0 Å². The van der Waals surface area contributed by atoms with Gasteiger partial charge in [-0.3, -0.25) is 0 Å². The van der Waals surface area contributed by atoms with E-state index in [0.717, 1.165) is 25.3 Å². The fraction of sp³-hybridized carbons (Fsp3) is 0.600. The van der Waals surface area contributed by atoms with Crippen molar-refractivity contribution >= 4 is 5.69 Å². The van der Waals surface area contributed by atoms with E-state index in [1.54, 1.807) is 7.11 Å². The molecule has 0 saturated carbocycles. The Morgan fingerprint density at radius 3 is 2.78 bits per heavy atom. The Kier molecular flexibility index (Phi) is 3.81. The van der Waals surface area contributed by atoms with E-state index in [-0.39, 0.29) is 5.54 Å². The van der Waals surface area contributed by atoms with Gasteiger partial charge in [-0.2, -0.15) is 0 Å². The molecule has 3 nitrogen and oxygen atoms in total. The molecule has 1 N–H and O–H groups in total. The second-order valence-corrected chi connectivity index (χ2v) is 5.63. The molecular formula is C15H24N2O. The molecule has 18 heavy (non-hydrogen) atoms. The smallest absolute Gasteiger partial charge is 0.142 e. The van der Waals surface area contributed by atoms with Crippen LogP contribution in [0.1, 0.15) is 27.2 Å². The van der Waals surface area contributed by atoms with Crippen LogP contribution in [0.5, 0.6) is 5.75 Å². The molecule has 1 fully saturated rings. The first-order chi connectivity index (χ1) is 8.57. The molecule has 1 aliphatic heterocycles. The van der Waals surface area contributed by atoms with Crippen molar-refractivity contribution in [1.82, 2.24) is 5.32 Å². The van der Waals surface area contributed by atoms with Gasteiger partial charge in [0.25, 0.3) is 0 Å². The molecular weight excluding hydrogens is 224 g/mol. The molecule has 1 aromatic rings. The van der Waals surface area contributed by atoms with Gasteiger partial charge in [-0.05, 0) is 32.4 Å². The topological polar surface area (TPSA) is 24.5 Å². The standard InChI is InChI=1S/C15H24N2O/c1-5-12-10-16-15(2,3)11-17(12)13-8-6-7-9-14(13)18-4/h6-9,12,16H,5,10-11H2,1-4H3. The van der Waals surface area contributed by atoms with E-state index in [1.165, 1.54) is 5.69 Å². The van der Waals surface area contributed by atoms with E-state index >= 15 is 0 Å². The first kappa shape index (κ1) is 13.2. The molecule has 0 bridgehead atoms. The van der Waals surface area contributed by atoms with Crippen LogP contribution in [0, 0.1) is 0 Å². The predicted molar refractivity (Wildman–Crippen MR) is 76.5 cm³/mol. The summed E-state index contributed by atoms with van der Waals surface area (Å²) in [5, 5.41) is 3.61. The molecule has 0 spiro atoms. The lowest BCUT2D eigenvalue weighted by molar-refractivity contribution is 0.303. The third kappa shape index (κ3) is 2.61. The number of ether oxygens (including phenoxy) is 1. The molecule has 1 aliphatic rings. The lowest BCUT2D eigenvalue weighted by atomic mass is 9.96. The zero-order valence-corrected chi connectivity index (χ0v) is 11.9. The van der Waals surface area contributed by atoms with Crippen LogP contribution < -0.4 is 15.0 Å². The first-order valence-electron chi connectivity index (χ1n) is 6.72. The number of piperazine rings is 1. The highest BCUT2D eigenvalue weighted by Crippen LogP contribution is 2.32. The number of benzene rings is 1. The lowest BCUT2D eigenvalue weighted by Gasteiger charge is -2.46. The average molecular weight is 248 g/mol. The highest BCUT2D eigenvalue weighted by Gasteiger charge is 2.32. The number of nitrogens with zero attached hydrogens (tertiary/aromatic N) is 1. The minimum absolute atomic E-state index is 0.145. The second-order valence-electron chi connectivity index (χ2n) is 5.63. The number of rotatable bonds is 3. The van der Waals surface area contributed by atoms with Crippen LogP contribution in [0.15, 0.2) is 24.3 Å². The van der Waals surface area contributed by atoms with Crippen LogP contribution in [0.2, 0.25) is 0 Å². The molecule has 1 aromatic carbocycles. The normalized spacial score (nSPS) is 22.9. The molecule has 1 atom stereocenters. The average Bonchev–Trinajstić information content (AvgIpc) is 2.37. The first-order valence-corrected chi connectivity index (χ1v) is 6.72. The van der Waals surface area contributed by atoms with Crippen LogP contribution >= 0.6 is 0 Å². The zero-order chi connectivity index (χ0) is 13.2. The van der Waals surface area contributed by atoms with E-state index in [2.05, 4.69) is 43.1 Å². The van der Waals surface area contributed by atoms with Crippen LogP contribution in [0.3, 0.4) is 0 Å². The van der Waals surface area contributed by atoms with Crippen LogP contribution in [0.25, 0.3) is 0 Å². The number of hydrogen-bond acceptors (Lipinski definition) is 3. The molecule has 0 aliphatic carbocycles. The lowest BCUT2D eigenvalue weighted by Crippen LogP contribution is -2.61. The summed E-state index contributed by atoms with van der Waals surface area (Å²) in [4.78, 5) is 2.48. The maximum absolute atomic E-state index is 5.50. The second kappa shape index (κ2) is 5.19. The number of hydrogen-bond donors (Lipinski definition) is 1. The van der Waals surface area contributed by atoms with Crippen molar-refractivity contribution in [2.45, 2.75) is 38.8 Å². The molecule has 3 heteroatoms. The summed E-state index contributed by atoms with van der Waals surface area (Å²) < 4.78 is 5.50. The van der Waals surface area contributed by atoms with Gasteiger partial charge >= 0.3 is 0 Å². The number of anilines is 1. The van der Waals surface area contributed by atoms with Crippen LogP contribution in [-0.4, -0.2) is 31.8 Å². The quantitative estimate of drug-likeness (QED) is 0.890. The Balaban J connectivity index is 2.32. The monoisotopic (exact) mass is 248 g/mol. The minimum Gasteiger partial charge on any atom is -0.495 e. The number of para-hydroxylation sites is 2. The van der Waals surface area contributed by atoms with Gasteiger partial charge in [-0.25, -0.2) is 0 Å². The summed E-state index contributed by atoms with van der Waals surface area (Å²) >= 11 is 0. The van der Waals surface area contributed by atoms with E-state index in [1.807, 2.05) is 12.1 Å². The van der Waals surface area contributed by atoms with Gasteiger partial charge in [0.15, 0.2) is 0 Å². The van der Waals surface area contributed by atoms with E-state index in [0.29, 0.717) is 6.04 Å². The van der Waals surface area contributed by atoms with Crippen molar-refractivity contribution < 1.29 is 4.74 Å². The van der Waals surface area contributed by atoms with Crippen molar-refractivity contribution in [2.24, 2.45) is 0 Å². The molecule has 100 valence electrons. The summed E-state index contributed by atoms with van der Waals surface area (Å²) in [6.07, 6.45) is 1.14. The molecule has 2 rings (SSSR count). The number of nitrogens with one attached hydrogen (secondary N) is 1. The van der Waals surface area contributed by atoms with E-state index in [9.17, 15) is 0 Å². The Bertz CT molecular complexity index is 403. The zero-order valence-electron chi connectivity index (χ0n) is 11.9. The van der Waals surface area contributed by atoms with Crippen LogP contribution in [0.4, 0.5) is 5.69 Å². The summed E-state index contributed by atoms with van der Waals surface area (Å²) in [5.74, 6) is 0.966. The van der Waals surface area contributed by atoms with Crippen LogP contribution in [-0.2, 0) is 0 Å². The van der Waals surface area contributed by atoms with Gasteiger partial charge in [-0.1, -0.05) is 19.1 Å². The predicted octanol–water partition coefficient (Wildman–Crippen LogP) is 2.66. The Morgan fingerprint density at radius 1 is 1.39 bits per heavy atom. The van der Waals surface area contributed by atoms with Crippen molar-refractivity contribution in [2.75, 3.05) is 25.1 Å². The SMILES string of the molecule is CCC1CNC(C)(C)CN1c1ccccc1OC. The Hall–Kier alpha value is -1.22. The fourth-order valence-electron chi connectivity index (χ4n) is 2.63. The minimum atomic E-state index is 0.145. The summed E-state index contributed by atoms with van der Waals surface area (Å²) in [5.41, 5.74) is 1.36. The van der Waals surface area contributed by atoms with Gasteiger partial charge in [0.2, 0.25) is 0 Å². The van der Waals surface area contributed by atoms with E-state index in [4.69, 9.17) is 4.74 Å². The molecule has 1 unspecified atom stereocenters. The maximum atomic E-state index is 5.50. The molecule has 1 saturated heterocycles. The van der Waals surface area contributed by atoms with Crippen molar-refractivity contribution in [1.29, 1.82) is 0 Å². The third-order valence-corrected chi connectivity index (χ3v) is 3.69. The molecule has 0 amide bonds. The molecule has 0 aromatic heterocycles. The van der Waals surface area contributed by atoms with Crippen molar-refractivity contribution in [3.8, 4) is 5.75 Å². The van der Waals surface area contributed by atoms with Gasteiger partial charge in [0.1, 0.15) is 5.75 Å². The Labute approximate surface area is 110 Å². The largest absolute Gasteiger partial charge is 0.495 e. The number of methoxy groups -OCH3 is 1. The summed E-state index contributed by atoms with van der Waals surface area (Å²) in [6.45, 7) is 8.78. The third-order valence-electron chi connectivity index (χ3n) is 3.69. The molecule has 1 heterocycles. The highest BCUT2D eigenvalue weighted by atomic mass is 16.5. The maximum Gasteiger partial charge on any atom is 0.142 e. The van der Waals surface area contributed by atoms with Gasteiger partial charge in [0.05, 0.1) is 12.8 Å². The highest BCUT2D eigenvalue weighted by molar-refractivity contribution is 5.59. The molecule has 0 radical (unpaired) electrons. The van der Waals surface area contributed by atoms with Gasteiger partial charge in [0, 0.05) is 24.7 Å². The van der Waals surface area contributed by atoms with E-state index < -0.39 is 0 Å². The fourth-order valence-corrected chi connectivity index (χ4v) is 2.63. The summed E-state index contributed by atoms with van der Waals surface area (Å²) in [6, 6.07) is 8.84.